The molecule has 1 N–H and O–H groups in total. The molecule has 0 saturated heterocycles. The van der Waals surface area contributed by atoms with E-state index in [1.807, 2.05) is 63.2 Å². The predicted octanol–water partition coefficient (Wildman–Crippen LogP) is 5.90. The molecule has 0 fully saturated rings. The van der Waals surface area contributed by atoms with Crippen LogP contribution >= 0.6 is 0 Å². The van der Waals surface area contributed by atoms with E-state index in [9.17, 15) is 4.79 Å². The number of anilines is 1. The topological polar surface area (TPSA) is 68.0 Å². The van der Waals surface area contributed by atoms with Crippen molar-refractivity contribution in [1.29, 1.82) is 0 Å². The largest absolute Gasteiger partial charge is 0.339 e. The zero-order valence-electron chi connectivity index (χ0n) is 18.0. The van der Waals surface area contributed by atoms with Crippen LogP contribution in [0.25, 0.3) is 22.5 Å². The lowest BCUT2D eigenvalue weighted by Gasteiger charge is -2.12. The van der Waals surface area contributed by atoms with Crippen molar-refractivity contribution in [2.45, 2.75) is 33.6 Å². The molecule has 5 heteroatoms. The van der Waals surface area contributed by atoms with E-state index in [0.717, 1.165) is 33.5 Å². The van der Waals surface area contributed by atoms with E-state index in [-0.39, 0.29) is 12.3 Å². The van der Waals surface area contributed by atoms with Crippen LogP contribution in [0.1, 0.15) is 29.0 Å². The molecule has 0 atom stereocenters. The molecule has 0 unspecified atom stereocenters. The molecule has 4 aromatic rings. The Hall–Kier alpha value is -3.73. The van der Waals surface area contributed by atoms with Crippen LogP contribution in [0.5, 0.6) is 0 Å². The summed E-state index contributed by atoms with van der Waals surface area (Å²) >= 11 is 0. The van der Waals surface area contributed by atoms with Crippen molar-refractivity contribution < 1.29 is 9.32 Å². The number of amides is 1. The van der Waals surface area contributed by atoms with E-state index in [0.29, 0.717) is 18.1 Å². The Bertz CT molecular complexity index is 1170. The number of rotatable bonds is 6. The third-order valence-electron chi connectivity index (χ3n) is 5.23. The van der Waals surface area contributed by atoms with Crippen LogP contribution in [0.2, 0.25) is 0 Å². The van der Waals surface area contributed by atoms with E-state index < -0.39 is 0 Å². The van der Waals surface area contributed by atoms with Crippen LogP contribution in [0.3, 0.4) is 0 Å². The summed E-state index contributed by atoms with van der Waals surface area (Å²) in [6, 6.07) is 22.4. The first-order valence-corrected chi connectivity index (χ1v) is 10.4. The van der Waals surface area contributed by atoms with Crippen LogP contribution in [-0.4, -0.2) is 16.0 Å². The Morgan fingerprint density at radius 2 is 1.48 bits per heavy atom. The molecular weight excluding hydrogens is 386 g/mol. The minimum Gasteiger partial charge on any atom is -0.339 e. The zero-order valence-corrected chi connectivity index (χ0v) is 18.0. The summed E-state index contributed by atoms with van der Waals surface area (Å²) in [6.45, 7) is 6.06. The Morgan fingerprint density at radius 3 is 2.16 bits per heavy atom. The van der Waals surface area contributed by atoms with Crippen molar-refractivity contribution in [1.82, 2.24) is 10.1 Å². The molecule has 0 aliphatic carbocycles. The van der Waals surface area contributed by atoms with E-state index in [1.165, 1.54) is 5.56 Å². The summed E-state index contributed by atoms with van der Waals surface area (Å²) in [5.41, 5.74) is 7.35. The minimum absolute atomic E-state index is 0.0676. The van der Waals surface area contributed by atoms with Crippen LogP contribution in [0, 0.1) is 20.8 Å². The van der Waals surface area contributed by atoms with Gasteiger partial charge in [-0.15, -0.1) is 0 Å². The summed E-state index contributed by atoms with van der Waals surface area (Å²) in [4.78, 5) is 16.9. The second-order valence-corrected chi connectivity index (χ2v) is 7.78. The highest BCUT2D eigenvalue weighted by Gasteiger charge is 2.13. The zero-order chi connectivity index (χ0) is 21.8. The fraction of sp³-hybridized carbons (Fsp3) is 0.192. The Labute approximate surface area is 182 Å². The summed E-state index contributed by atoms with van der Waals surface area (Å²) in [7, 11) is 0. The van der Waals surface area contributed by atoms with Gasteiger partial charge in [0.25, 0.3) is 0 Å². The van der Waals surface area contributed by atoms with Gasteiger partial charge in [0.15, 0.2) is 0 Å². The molecular formula is C26H25N3O2. The van der Waals surface area contributed by atoms with E-state index >= 15 is 0 Å². The van der Waals surface area contributed by atoms with Gasteiger partial charge in [-0.3, -0.25) is 4.79 Å². The normalized spacial score (nSPS) is 10.8. The number of benzene rings is 3. The number of aryl methyl sites for hydroxylation is 4. The fourth-order valence-electron chi connectivity index (χ4n) is 3.72. The molecule has 0 radical (unpaired) electrons. The predicted molar refractivity (Wildman–Crippen MR) is 123 cm³/mol. The lowest BCUT2D eigenvalue weighted by Crippen LogP contribution is -2.14. The Morgan fingerprint density at radius 1 is 0.871 bits per heavy atom. The van der Waals surface area contributed by atoms with Gasteiger partial charge in [-0.05, 0) is 43.0 Å². The first kappa shape index (κ1) is 20.5. The molecule has 0 spiro atoms. The molecule has 4 rings (SSSR count). The van der Waals surface area contributed by atoms with Gasteiger partial charge in [-0.25, -0.2) is 0 Å². The highest BCUT2D eigenvalue weighted by Crippen LogP contribution is 2.24. The lowest BCUT2D eigenvalue weighted by molar-refractivity contribution is -0.116. The molecule has 0 saturated carbocycles. The van der Waals surface area contributed by atoms with Crippen LogP contribution < -0.4 is 5.32 Å². The van der Waals surface area contributed by atoms with Crippen molar-refractivity contribution >= 4 is 11.6 Å². The average molecular weight is 412 g/mol. The molecule has 0 aliphatic heterocycles. The number of hydrogen-bond donors (Lipinski definition) is 1. The number of hydrogen-bond acceptors (Lipinski definition) is 4. The first-order valence-electron chi connectivity index (χ1n) is 10.4. The maximum Gasteiger partial charge on any atom is 0.227 e. The molecule has 156 valence electrons. The number of nitrogens with zero attached hydrogens (tertiary/aromatic N) is 2. The Balaban J connectivity index is 1.38. The van der Waals surface area contributed by atoms with Gasteiger partial charge < -0.3 is 9.84 Å². The number of aromatic nitrogens is 2. The van der Waals surface area contributed by atoms with Crippen LogP contribution in [0.4, 0.5) is 5.69 Å². The molecule has 0 bridgehead atoms. The van der Waals surface area contributed by atoms with Crippen molar-refractivity contribution in [2.24, 2.45) is 0 Å². The smallest absolute Gasteiger partial charge is 0.227 e. The van der Waals surface area contributed by atoms with E-state index in [2.05, 4.69) is 39.7 Å². The molecule has 3 aromatic carbocycles. The van der Waals surface area contributed by atoms with Gasteiger partial charge in [-0.2, -0.15) is 4.98 Å². The first-order chi connectivity index (χ1) is 15.0. The quantitative estimate of drug-likeness (QED) is 0.429. The second kappa shape index (κ2) is 8.96. The third-order valence-corrected chi connectivity index (χ3v) is 5.23. The summed E-state index contributed by atoms with van der Waals surface area (Å²) in [5, 5.41) is 7.08. The minimum atomic E-state index is -0.0676. The highest BCUT2D eigenvalue weighted by atomic mass is 16.5. The monoisotopic (exact) mass is 411 g/mol. The third kappa shape index (κ3) is 4.89. The maximum absolute atomic E-state index is 12.4. The van der Waals surface area contributed by atoms with Crippen molar-refractivity contribution in [3.05, 3.63) is 89.3 Å². The van der Waals surface area contributed by atoms with Gasteiger partial charge in [0.1, 0.15) is 0 Å². The molecule has 1 aromatic heterocycles. The number of carbonyl (C=O) groups excluding carboxylic acids is 1. The molecule has 1 heterocycles. The molecule has 1 amide bonds. The average Bonchev–Trinajstić information content (AvgIpc) is 3.25. The molecule has 0 aliphatic rings. The molecule has 31 heavy (non-hydrogen) atoms. The summed E-state index contributed by atoms with van der Waals surface area (Å²) < 4.78 is 5.36. The lowest BCUT2D eigenvalue weighted by atomic mass is 10.0. The number of nitrogens with one attached hydrogen (secondary N) is 1. The second-order valence-electron chi connectivity index (χ2n) is 7.78. The van der Waals surface area contributed by atoms with Crippen molar-refractivity contribution in [3.8, 4) is 22.5 Å². The molecule has 5 nitrogen and oxygen atoms in total. The standard InChI is InChI=1S/C26H25N3O2/c1-17-15-18(2)25(19(3)16-17)27-23(30)13-14-24-28-26(29-31-24)22-11-9-21(10-12-22)20-7-5-4-6-8-20/h4-12,15-16H,13-14H2,1-3H3,(H,27,30). The highest BCUT2D eigenvalue weighted by molar-refractivity contribution is 5.92. The summed E-state index contributed by atoms with van der Waals surface area (Å²) in [5.74, 6) is 0.914. The van der Waals surface area contributed by atoms with Crippen molar-refractivity contribution in [2.75, 3.05) is 5.32 Å². The van der Waals surface area contributed by atoms with Crippen LogP contribution in [-0.2, 0) is 11.2 Å². The van der Waals surface area contributed by atoms with Gasteiger partial charge in [-0.1, -0.05) is 77.5 Å². The van der Waals surface area contributed by atoms with Crippen LogP contribution in [0.15, 0.2) is 71.3 Å². The van der Waals surface area contributed by atoms with Gasteiger partial charge in [0.2, 0.25) is 17.6 Å². The van der Waals surface area contributed by atoms with Gasteiger partial charge in [0, 0.05) is 24.1 Å². The van der Waals surface area contributed by atoms with E-state index in [4.69, 9.17) is 4.52 Å². The maximum atomic E-state index is 12.4. The van der Waals surface area contributed by atoms with Gasteiger partial charge in [0.05, 0.1) is 0 Å². The van der Waals surface area contributed by atoms with Gasteiger partial charge >= 0.3 is 0 Å². The van der Waals surface area contributed by atoms with Crippen molar-refractivity contribution in [3.63, 3.8) is 0 Å². The Kier molecular flexibility index (Phi) is 5.94. The van der Waals surface area contributed by atoms with E-state index in [1.54, 1.807) is 0 Å². The number of carbonyl (C=O) groups is 1. The summed E-state index contributed by atoms with van der Waals surface area (Å²) in [6.07, 6.45) is 0.673. The fourth-order valence-corrected chi connectivity index (χ4v) is 3.72. The SMILES string of the molecule is Cc1cc(C)c(NC(=O)CCc2nc(-c3ccc(-c4ccccc4)cc3)no2)c(C)c1.